The van der Waals surface area contributed by atoms with Crippen molar-refractivity contribution < 1.29 is 4.57 Å². The van der Waals surface area contributed by atoms with E-state index in [1.165, 1.54) is 5.56 Å². The molecule has 0 saturated carbocycles. The van der Waals surface area contributed by atoms with Crippen molar-refractivity contribution in [1.29, 1.82) is 0 Å². The number of hydrazone groups is 1. The predicted octanol–water partition coefficient (Wildman–Crippen LogP) is 5.74. The number of nitrogens with zero attached hydrogens (tertiary/aromatic N) is 3. The van der Waals surface area contributed by atoms with Crippen LogP contribution in [0.25, 0.3) is 0 Å². The van der Waals surface area contributed by atoms with Gasteiger partial charge in [-0.15, -0.1) is 0 Å². The summed E-state index contributed by atoms with van der Waals surface area (Å²) >= 11 is 0. The van der Waals surface area contributed by atoms with Gasteiger partial charge in [-0.25, -0.2) is 4.78 Å². The van der Waals surface area contributed by atoms with Crippen LogP contribution in [-0.2, 0) is 9.98 Å². The Bertz CT molecular complexity index is 1220. The van der Waals surface area contributed by atoms with E-state index >= 15 is 0 Å². The number of hydrogen-bond donors (Lipinski definition) is 0. The second-order valence-corrected chi connectivity index (χ2v) is 10.7. The Kier molecular flexibility index (Phi) is 4.23. The van der Waals surface area contributed by atoms with E-state index in [1.807, 2.05) is 60.7 Å². The average molecular weight is 413 g/mol. The lowest BCUT2D eigenvalue weighted by atomic mass is 9.84. The Morgan fingerprint density at radius 2 is 1.43 bits per heavy atom. The van der Waals surface area contributed by atoms with E-state index in [9.17, 15) is 4.57 Å². The first-order valence-electron chi connectivity index (χ1n) is 10.1. The van der Waals surface area contributed by atoms with Crippen LogP contribution < -0.4 is 15.0 Å². The lowest BCUT2D eigenvalue weighted by Gasteiger charge is -2.31. The van der Waals surface area contributed by atoms with Crippen molar-refractivity contribution in [2.24, 2.45) is 5.10 Å². The standard InChI is InChI=1S/C25H24N3OP/c1-25(2)21-16-10-11-17-22(21)27(3)24(25)23-18-26-28(19-12-6-4-7-13-19)30(23,29)20-14-8-5-9-15-20/h4-18H,1-3H3/b24-23+/t30-/m1/s1. The molecule has 2 aliphatic heterocycles. The van der Waals surface area contributed by atoms with E-state index < -0.39 is 7.29 Å². The van der Waals surface area contributed by atoms with E-state index in [4.69, 9.17) is 0 Å². The van der Waals surface area contributed by atoms with Crippen LogP contribution >= 0.6 is 7.29 Å². The van der Waals surface area contributed by atoms with Crippen molar-refractivity contribution in [2.45, 2.75) is 19.3 Å². The highest BCUT2D eigenvalue weighted by atomic mass is 31.2. The number of para-hydroxylation sites is 2. The predicted molar refractivity (Wildman–Crippen MR) is 126 cm³/mol. The number of fused-ring (bicyclic) bond motifs is 1. The van der Waals surface area contributed by atoms with E-state index in [-0.39, 0.29) is 5.41 Å². The molecule has 5 rings (SSSR count). The Morgan fingerprint density at radius 3 is 2.10 bits per heavy atom. The SMILES string of the molecule is CN1/C(=C2\C=NN(c3ccccc3)[P@@]2(=O)c2ccccc2)C(C)(C)c2ccccc21. The first kappa shape index (κ1) is 18.9. The molecule has 5 heteroatoms. The Morgan fingerprint density at radius 1 is 0.833 bits per heavy atom. The summed E-state index contributed by atoms with van der Waals surface area (Å²) in [5.41, 5.74) is 3.96. The number of allylic oxidation sites excluding steroid dienone is 2. The first-order valence-corrected chi connectivity index (χ1v) is 11.8. The maximum atomic E-state index is 15.0. The molecule has 0 fully saturated rings. The summed E-state index contributed by atoms with van der Waals surface area (Å²) in [5, 5.41) is 6.26. The van der Waals surface area contributed by atoms with Gasteiger partial charge in [0.25, 0.3) is 7.29 Å². The van der Waals surface area contributed by atoms with Crippen LogP contribution in [0, 0.1) is 0 Å². The maximum Gasteiger partial charge on any atom is 0.252 e. The summed E-state index contributed by atoms with van der Waals surface area (Å²) in [5.74, 6) is 0. The zero-order valence-electron chi connectivity index (χ0n) is 17.4. The molecule has 2 aliphatic rings. The molecule has 0 spiro atoms. The topological polar surface area (TPSA) is 35.9 Å². The molecule has 1 atom stereocenters. The zero-order valence-corrected chi connectivity index (χ0v) is 18.3. The lowest BCUT2D eigenvalue weighted by Crippen LogP contribution is -2.27. The molecule has 0 bridgehead atoms. The number of hydrogen-bond acceptors (Lipinski definition) is 3. The van der Waals surface area contributed by atoms with Crippen LogP contribution in [-0.4, -0.2) is 13.3 Å². The Hall–Kier alpha value is -3.10. The highest BCUT2D eigenvalue weighted by Crippen LogP contribution is 2.64. The maximum absolute atomic E-state index is 15.0. The summed E-state index contributed by atoms with van der Waals surface area (Å²) in [6, 6.07) is 27.9. The first-order chi connectivity index (χ1) is 14.5. The number of rotatable bonds is 2. The molecule has 30 heavy (non-hydrogen) atoms. The highest BCUT2D eigenvalue weighted by molar-refractivity contribution is 7.78. The van der Waals surface area contributed by atoms with Crippen molar-refractivity contribution in [3.8, 4) is 0 Å². The number of likely N-dealkylation sites (N-methyl/N-ethyl adjacent to an activating group) is 1. The molecular weight excluding hydrogens is 389 g/mol. The molecule has 3 aromatic carbocycles. The zero-order chi connectivity index (χ0) is 20.9. The molecule has 0 saturated heterocycles. The van der Waals surface area contributed by atoms with Crippen LogP contribution in [0.2, 0.25) is 0 Å². The molecule has 4 nitrogen and oxygen atoms in total. The van der Waals surface area contributed by atoms with E-state index in [0.29, 0.717) is 0 Å². The third-order valence-corrected chi connectivity index (χ3v) is 8.93. The normalized spacial score (nSPS) is 24.4. The summed E-state index contributed by atoms with van der Waals surface area (Å²) in [6.45, 7) is 4.40. The van der Waals surface area contributed by atoms with Gasteiger partial charge >= 0.3 is 0 Å². The van der Waals surface area contributed by atoms with Gasteiger partial charge in [-0.05, 0) is 35.9 Å². The minimum Gasteiger partial charge on any atom is -0.346 e. The third-order valence-electron chi connectivity index (χ3n) is 6.08. The van der Waals surface area contributed by atoms with Gasteiger partial charge in [-0.2, -0.15) is 5.10 Å². The number of benzene rings is 3. The fourth-order valence-electron chi connectivity index (χ4n) is 4.69. The van der Waals surface area contributed by atoms with Gasteiger partial charge < -0.3 is 4.90 Å². The summed E-state index contributed by atoms with van der Waals surface area (Å²) < 4.78 is 16.7. The van der Waals surface area contributed by atoms with Crippen LogP contribution in [0.4, 0.5) is 11.4 Å². The van der Waals surface area contributed by atoms with Gasteiger partial charge in [0, 0.05) is 29.2 Å². The average Bonchev–Trinajstić information content (AvgIpc) is 3.21. The van der Waals surface area contributed by atoms with Crippen molar-refractivity contribution >= 4 is 30.2 Å². The third kappa shape index (κ3) is 2.54. The molecule has 0 aliphatic carbocycles. The lowest BCUT2D eigenvalue weighted by molar-refractivity contribution is 0.582. The van der Waals surface area contributed by atoms with Gasteiger partial charge in [0.05, 0.1) is 17.2 Å². The molecule has 0 aromatic heterocycles. The van der Waals surface area contributed by atoms with E-state index in [1.54, 1.807) is 11.0 Å². The van der Waals surface area contributed by atoms with Crippen molar-refractivity contribution in [2.75, 3.05) is 16.7 Å². The molecular formula is C25H24N3OP. The fourth-order valence-corrected chi connectivity index (χ4v) is 7.55. The van der Waals surface area contributed by atoms with Gasteiger partial charge in [0.2, 0.25) is 0 Å². The molecule has 150 valence electrons. The molecule has 2 heterocycles. The Balaban J connectivity index is 1.79. The van der Waals surface area contributed by atoms with Crippen molar-refractivity contribution in [1.82, 2.24) is 0 Å². The molecule has 0 N–H and O–H groups in total. The van der Waals surface area contributed by atoms with E-state index in [0.717, 1.165) is 27.7 Å². The van der Waals surface area contributed by atoms with Crippen LogP contribution in [0.15, 0.2) is 101 Å². The van der Waals surface area contributed by atoms with Crippen LogP contribution in [0.3, 0.4) is 0 Å². The minimum atomic E-state index is -3.21. The van der Waals surface area contributed by atoms with Gasteiger partial charge in [0.1, 0.15) is 0 Å². The summed E-state index contributed by atoms with van der Waals surface area (Å²) in [6.07, 6.45) is 1.81. The Labute approximate surface area is 177 Å². The van der Waals surface area contributed by atoms with Crippen LogP contribution in [0.5, 0.6) is 0 Å². The molecule has 0 amide bonds. The summed E-state index contributed by atoms with van der Waals surface area (Å²) in [4.78, 5) is 2.18. The molecule has 3 aromatic rings. The fraction of sp³-hybridized carbons (Fsp3) is 0.160. The van der Waals surface area contributed by atoms with Crippen molar-refractivity contribution in [3.05, 3.63) is 102 Å². The molecule has 0 unspecified atom stereocenters. The van der Waals surface area contributed by atoms with Gasteiger partial charge in [-0.1, -0.05) is 68.4 Å². The summed E-state index contributed by atoms with van der Waals surface area (Å²) in [7, 11) is -1.15. The monoisotopic (exact) mass is 413 g/mol. The molecule has 0 radical (unpaired) electrons. The van der Waals surface area contributed by atoms with Gasteiger partial charge in [-0.3, -0.25) is 4.57 Å². The van der Waals surface area contributed by atoms with Gasteiger partial charge in [0.15, 0.2) is 0 Å². The van der Waals surface area contributed by atoms with E-state index in [2.05, 4.69) is 55.2 Å². The minimum absolute atomic E-state index is 0.288. The largest absolute Gasteiger partial charge is 0.346 e. The van der Waals surface area contributed by atoms with Crippen molar-refractivity contribution in [3.63, 3.8) is 0 Å². The number of anilines is 2. The van der Waals surface area contributed by atoms with Crippen LogP contribution in [0.1, 0.15) is 19.4 Å². The smallest absolute Gasteiger partial charge is 0.252 e. The highest BCUT2D eigenvalue weighted by Gasteiger charge is 2.49. The second kappa shape index (κ2) is 6.72. The quantitative estimate of drug-likeness (QED) is 0.503. The second-order valence-electron chi connectivity index (χ2n) is 8.22.